The van der Waals surface area contributed by atoms with E-state index in [4.69, 9.17) is 0 Å². The third-order valence-electron chi connectivity index (χ3n) is 2.28. The quantitative estimate of drug-likeness (QED) is 0.526. The normalized spacial score (nSPS) is 11.1. The van der Waals surface area contributed by atoms with Gasteiger partial charge in [0.05, 0.1) is 0 Å². The summed E-state index contributed by atoms with van der Waals surface area (Å²) < 4.78 is 0. The molecule has 0 amide bonds. The van der Waals surface area contributed by atoms with Gasteiger partial charge in [-0.15, -0.1) is 0 Å². The maximum absolute atomic E-state index is 3.73. The Hall–Kier alpha value is -1.82. The first-order chi connectivity index (χ1) is 9.77. The van der Waals surface area contributed by atoms with Gasteiger partial charge in [0.15, 0.2) is 0 Å². The van der Waals surface area contributed by atoms with Crippen molar-refractivity contribution in [2.24, 2.45) is 0 Å². The van der Waals surface area contributed by atoms with Crippen molar-refractivity contribution in [1.82, 2.24) is 0 Å². The van der Waals surface area contributed by atoms with Crippen LogP contribution in [0.25, 0.3) is 6.08 Å². The van der Waals surface area contributed by atoms with E-state index in [0.29, 0.717) is 0 Å². The van der Waals surface area contributed by atoms with Crippen molar-refractivity contribution >= 4 is 6.08 Å². The van der Waals surface area contributed by atoms with E-state index in [1.54, 1.807) is 0 Å². The predicted octanol–water partition coefficient (Wildman–Crippen LogP) is 6.83. The van der Waals surface area contributed by atoms with Crippen LogP contribution in [0.5, 0.6) is 0 Å². The second-order valence-electron chi connectivity index (χ2n) is 3.60. The molecule has 0 radical (unpaired) electrons. The lowest BCUT2D eigenvalue weighted by Crippen LogP contribution is -1.81. The SMILES string of the molecule is C=C/C=C(\C=C/C)C(/C)=C/c1ccccc1.CC.CC. The first-order valence-corrected chi connectivity index (χ1v) is 7.47. The summed E-state index contributed by atoms with van der Waals surface area (Å²) >= 11 is 0. The summed E-state index contributed by atoms with van der Waals surface area (Å²) in [5.41, 5.74) is 3.66. The van der Waals surface area contributed by atoms with Gasteiger partial charge in [0.1, 0.15) is 0 Å². The van der Waals surface area contributed by atoms with Crippen molar-refractivity contribution in [2.75, 3.05) is 0 Å². The van der Waals surface area contributed by atoms with Gasteiger partial charge in [-0.05, 0) is 30.6 Å². The molecule has 0 unspecified atom stereocenters. The van der Waals surface area contributed by atoms with E-state index in [1.165, 1.54) is 16.7 Å². The van der Waals surface area contributed by atoms with Gasteiger partial charge in [0.25, 0.3) is 0 Å². The van der Waals surface area contributed by atoms with Crippen molar-refractivity contribution in [3.8, 4) is 0 Å². The van der Waals surface area contributed by atoms with Crippen LogP contribution in [-0.2, 0) is 0 Å². The highest BCUT2D eigenvalue weighted by atomic mass is 14.0. The highest BCUT2D eigenvalue weighted by Gasteiger charge is 1.94. The largest absolute Gasteiger partial charge is 0.0990 e. The second kappa shape index (κ2) is 15.2. The zero-order valence-electron chi connectivity index (χ0n) is 14.0. The van der Waals surface area contributed by atoms with Gasteiger partial charge in [-0.2, -0.15) is 0 Å². The fourth-order valence-electron chi connectivity index (χ4n) is 1.51. The van der Waals surface area contributed by atoms with Crippen LogP contribution < -0.4 is 0 Å². The third-order valence-corrected chi connectivity index (χ3v) is 2.28. The number of allylic oxidation sites excluding steroid dienone is 6. The van der Waals surface area contributed by atoms with Gasteiger partial charge in [0, 0.05) is 0 Å². The Balaban J connectivity index is 0. The summed E-state index contributed by atoms with van der Waals surface area (Å²) in [5.74, 6) is 0. The van der Waals surface area contributed by atoms with Crippen LogP contribution in [0.15, 0.2) is 72.4 Å². The summed E-state index contributed by atoms with van der Waals surface area (Å²) in [4.78, 5) is 0. The number of rotatable bonds is 4. The summed E-state index contributed by atoms with van der Waals surface area (Å²) in [7, 11) is 0. The van der Waals surface area contributed by atoms with Crippen molar-refractivity contribution < 1.29 is 0 Å². The van der Waals surface area contributed by atoms with Gasteiger partial charge in [-0.3, -0.25) is 0 Å². The molecule has 20 heavy (non-hydrogen) atoms. The highest BCUT2D eigenvalue weighted by Crippen LogP contribution is 2.15. The van der Waals surface area contributed by atoms with Crippen LogP contribution in [0, 0.1) is 0 Å². The average molecular weight is 270 g/mol. The lowest BCUT2D eigenvalue weighted by Gasteiger charge is -2.02. The summed E-state index contributed by atoms with van der Waals surface area (Å²) in [6.45, 7) is 15.9. The monoisotopic (exact) mass is 270 g/mol. The molecule has 0 fully saturated rings. The van der Waals surface area contributed by atoms with Crippen molar-refractivity contribution in [1.29, 1.82) is 0 Å². The van der Waals surface area contributed by atoms with Gasteiger partial charge in [0.2, 0.25) is 0 Å². The number of benzene rings is 1. The molecular formula is C20H30. The molecule has 0 aliphatic rings. The van der Waals surface area contributed by atoms with Gasteiger partial charge in [-0.1, -0.05) is 95.0 Å². The molecule has 0 atom stereocenters. The van der Waals surface area contributed by atoms with Crippen LogP contribution in [0.4, 0.5) is 0 Å². The van der Waals surface area contributed by atoms with Crippen molar-refractivity contribution in [3.05, 3.63) is 77.9 Å². The minimum atomic E-state index is 1.20. The van der Waals surface area contributed by atoms with E-state index in [-0.39, 0.29) is 0 Å². The zero-order chi connectivity index (χ0) is 15.8. The Morgan fingerprint density at radius 2 is 1.55 bits per heavy atom. The minimum absolute atomic E-state index is 1.20. The Kier molecular flexibility index (Phi) is 15.6. The number of hydrogen-bond donors (Lipinski definition) is 0. The molecule has 0 aliphatic carbocycles. The Labute approximate surface area is 126 Å². The van der Waals surface area contributed by atoms with Crippen LogP contribution >= 0.6 is 0 Å². The van der Waals surface area contributed by atoms with Crippen LogP contribution in [0.2, 0.25) is 0 Å². The van der Waals surface area contributed by atoms with Gasteiger partial charge in [-0.25, -0.2) is 0 Å². The molecular weight excluding hydrogens is 240 g/mol. The molecule has 0 bridgehead atoms. The minimum Gasteiger partial charge on any atom is -0.0990 e. The molecule has 110 valence electrons. The highest BCUT2D eigenvalue weighted by molar-refractivity contribution is 5.60. The molecule has 0 N–H and O–H groups in total. The zero-order valence-corrected chi connectivity index (χ0v) is 14.0. The lowest BCUT2D eigenvalue weighted by molar-refractivity contribution is 1.44. The van der Waals surface area contributed by atoms with E-state index < -0.39 is 0 Å². The van der Waals surface area contributed by atoms with Crippen molar-refractivity contribution in [2.45, 2.75) is 41.5 Å². The van der Waals surface area contributed by atoms with E-state index in [0.717, 1.165) is 0 Å². The van der Waals surface area contributed by atoms with E-state index in [1.807, 2.05) is 71.0 Å². The summed E-state index contributed by atoms with van der Waals surface area (Å²) in [6, 6.07) is 10.3. The fourth-order valence-corrected chi connectivity index (χ4v) is 1.51. The smallest absolute Gasteiger partial charge is 0.0231 e. The van der Waals surface area contributed by atoms with Crippen LogP contribution in [0.3, 0.4) is 0 Å². The van der Waals surface area contributed by atoms with E-state index in [2.05, 4.69) is 37.8 Å². The fraction of sp³-hybridized carbons (Fsp3) is 0.300. The summed E-state index contributed by atoms with van der Waals surface area (Å²) in [5, 5.41) is 0. The molecule has 0 saturated carbocycles. The molecule has 0 heterocycles. The van der Waals surface area contributed by atoms with Crippen LogP contribution in [-0.4, -0.2) is 0 Å². The maximum Gasteiger partial charge on any atom is -0.0231 e. The molecule has 0 saturated heterocycles. The van der Waals surface area contributed by atoms with Crippen molar-refractivity contribution in [3.63, 3.8) is 0 Å². The third kappa shape index (κ3) is 9.16. The molecule has 0 heteroatoms. The Morgan fingerprint density at radius 1 is 1.00 bits per heavy atom. The lowest BCUT2D eigenvalue weighted by atomic mass is 10.0. The molecule has 0 aliphatic heterocycles. The predicted molar refractivity (Wildman–Crippen MR) is 95.9 cm³/mol. The average Bonchev–Trinajstić information content (AvgIpc) is 2.52. The molecule has 0 nitrogen and oxygen atoms in total. The molecule has 1 aromatic rings. The molecule has 0 spiro atoms. The number of hydrogen-bond acceptors (Lipinski definition) is 0. The Morgan fingerprint density at radius 3 is 2.00 bits per heavy atom. The van der Waals surface area contributed by atoms with Gasteiger partial charge >= 0.3 is 0 Å². The maximum atomic E-state index is 3.73. The first kappa shape index (κ1) is 20.5. The molecule has 1 rings (SSSR count). The molecule has 1 aromatic carbocycles. The van der Waals surface area contributed by atoms with Gasteiger partial charge < -0.3 is 0 Å². The van der Waals surface area contributed by atoms with E-state index >= 15 is 0 Å². The van der Waals surface area contributed by atoms with Crippen LogP contribution in [0.1, 0.15) is 47.1 Å². The first-order valence-electron chi connectivity index (χ1n) is 7.47. The summed E-state index contributed by atoms with van der Waals surface area (Å²) in [6.07, 6.45) is 10.1. The van der Waals surface area contributed by atoms with E-state index in [9.17, 15) is 0 Å². The molecule has 0 aromatic heterocycles. The standard InChI is InChI=1S/C16H18.2C2H6/c1-4-9-16(10-5-2)14(3)13-15-11-7-6-8-12-15;2*1-2/h4-13H,1H2,2-3H3;2*1-2H3/b10-5-,14-13+,16-9+;;. The Bertz CT molecular complexity index is 417. The topological polar surface area (TPSA) is 0 Å². The second-order valence-corrected chi connectivity index (χ2v) is 3.60.